The predicted molar refractivity (Wildman–Crippen MR) is 95.5 cm³/mol. The van der Waals surface area contributed by atoms with Crippen molar-refractivity contribution in [2.75, 3.05) is 13.1 Å². The largest absolute Gasteiger partial charge is 0.357 e. The van der Waals surface area contributed by atoms with Gasteiger partial charge in [-0.2, -0.15) is 5.10 Å². The predicted octanol–water partition coefficient (Wildman–Crippen LogP) is 2.42. The maximum absolute atomic E-state index is 4.67. The zero-order valence-corrected chi connectivity index (χ0v) is 14.3. The summed E-state index contributed by atoms with van der Waals surface area (Å²) in [6, 6.07) is 8.38. The molecule has 1 aromatic carbocycles. The third kappa shape index (κ3) is 5.77. The highest BCUT2D eigenvalue weighted by atomic mass is 15.2. The fourth-order valence-electron chi connectivity index (χ4n) is 2.39. The molecule has 5 heteroatoms. The molecule has 0 atom stereocenters. The number of hydrogen-bond acceptors (Lipinski definition) is 2. The average Bonchev–Trinajstić information content (AvgIpc) is 2.96. The van der Waals surface area contributed by atoms with Crippen molar-refractivity contribution in [1.29, 1.82) is 0 Å². The number of aromatic nitrogens is 2. The molecule has 0 radical (unpaired) electrons. The molecule has 1 aromatic heterocycles. The zero-order chi connectivity index (χ0) is 16.5. The lowest BCUT2D eigenvalue weighted by Crippen LogP contribution is -2.37. The molecule has 23 heavy (non-hydrogen) atoms. The summed E-state index contributed by atoms with van der Waals surface area (Å²) in [5, 5.41) is 10.9. The van der Waals surface area contributed by atoms with Crippen molar-refractivity contribution >= 4 is 5.96 Å². The van der Waals surface area contributed by atoms with Crippen molar-refractivity contribution < 1.29 is 0 Å². The van der Waals surface area contributed by atoms with Crippen molar-refractivity contribution in [3.63, 3.8) is 0 Å². The van der Waals surface area contributed by atoms with E-state index < -0.39 is 0 Å². The Kier molecular flexibility index (Phi) is 6.66. The van der Waals surface area contributed by atoms with Gasteiger partial charge in [-0.05, 0) is 43.4 Å². The minimum atomic E-state index is 0.699. The van der Waals surface area contributed by atoms with Crippen LogP contribution in [0.3, 0.4) is 0 Å². The van der Waals surface area contributed by atoms with Gasteiger partial charge < -0.3 is 10.6 Å². The molecule has 124 valence electrons. The molecule has 0 aliphatic carbocycles. The molecule has 0 fully saturated rings. The summed E-state index contributed by atoms with van der Waals surface area (Å²) in [6.45, 7) is 6.67. The first-order valence-electron chi connectivity index (χ1n) is 8.23. The van der Waals surface area contributed by atoms with Gasteiger partial charge in [0.05, 0.1) is 12.7 Å². The molecule has 5 nitrogen and oxygen atoms in total. The second-order valence-electron chi connectivity index (χ2n) is 5.67. The Labute approximate surface area is 138 Å². The first kappa shape index (κ1) is 17.1. The molecular formula is C18H27N5. The molecule has 0 bridgehead atoms. The minimum Gasteiger partial charge on any atom is -0.357 e. The molecule has 0 spiro atoms. The first-order chi connectivity index (χ1) is 11.2. The van der Waals surface area contributed by atoms with Gasteiger partial charge in [-0.1, -0.05) is 24.3 Å². The van der Waals surface area contributed by atoms with E-state index in [1.807, 2.05) is 17.9 Å². The smallest absolute Gasteiger partial charge is 0.191 e. The lowest BCUT2D eigenvalue weighted by molar-refractivity contribution is 0.740. The number of benzene rings is 1. The summed E-state index contributed by atoms with van der Waals surface area (Å²) in [4.78, 5) is 4.67. The molecule has 0 aliphatic heterocycles. The van der Waals surface area contributed by atoms with Crippen molar-refractivity contribution in [2.45, 2.75) is 33.2 Å². The van der Waals surface area contributed by atoms with E-state index in [1.165, 1.54) is 16.7 Å². The van der Waals surface area contributed by atoms with Crippen LogP contribution in [0.5, 0.6) is 0 Å². The molecule has 0 amide bonds. The van der Waals surface area contributed by atoms with Crippen LogP contribution in [0.2, 0.25) is 0 Å². The van der Waals surface area contributed by atoms with Gasteiger partial charge in [-0.15, -0.1) is 0 Å². The van der Waals surface area contributed by atoms with Crippen LogP contribution in [0.15, 0.2) is 41.7 Å². The van der Waals surface area contributed by atoms with E-state index >= 15 is 0 Å². The van der Waals surface area contributed by atoms with Crippen LogP contribution in [0.25, 0.3) is 0 Å². The molecule has 0 unspecified atom stereocenters. The van der Waals surface area contributed by atoms with E-state index in [4.69, 9.17) is 0 Å². The van der Waals surface area contributed by atoms with E-state index in [0.717, 1.165) is 31.9 Å². The van der Waals surface area contributed by atoms with E-state index in [-0.39, 0.29) is 0 Å². The zero-order valence-electron chi connectivity index (χ0n) is 14.3. The topological polar surface area (TPSA) is 54.2 Å². The standard InChI is InChI=1S/C18H27N5/c1-4-19-18(21-13-17-10-6-5-8-15(17)2)20-11-7-9-16-12-22-23(3)14-16/h5-6,8,10,12,14H,4,7,9,11,13H2,1-3H3,(H2,19,20,21). The SMILES string of the molecule is CCNC(=NCc1ccccc1C)NCCCc1cnn(C)c1. The molecule has 0 saturated heterocycles. The lowest BCUT2D eigenvalue weighted by atomic mass is 10.1. The van der Waals surface area contributed by atoms with Gasteiger partial charge in [0.15, 0.2) is 5.96 Å². The molecule has 2 rings (SSSR count). The highest BCUT2D eigenvalue weighted by molar-refractivity contribution is 5.79. The van der Waals surface area contributed by atoms with E-state index in [0.29, 0.717) is 6.54 Å². The number of rotatable bonds is 7. The normalized spacial score (nSPS) is 11.5. The molecule has 0 saturated carbocycles. The van der Waals surface area contributed by atoms with Crippen LogP contribution >= 0.6 is 0 Å². The third-order valence-electron chi connectivity index (χ3n) is 3.71. The summed E-state index contributed by atoms with van der Waals surface area (Å²) in [5.41, 5.74) is 3.82. The van der Waals surface area contributed by atoms with Crippen LogP contribution in [-0.2, 0) is 20.0 Å². The summed E-state index contributed by atoms with van der Waals surface area (Å²) >= 11 is 0. The van der Waals surface area contributed by atoms with E-state index in [9.17, 15) is 0 Å². The third-order valence-corrected chi connectivity index (χ3v) is 3.71. The van der Waals surface area contributed by atoms with E-state index in [2.05, 4.69) is 65.0 Å². The van der Waals surface area contributed by atoms with Gasteiger partial charge in [0.1, 0.15) is 0 Å². The summed E-state index contributed by atoms with van der Waals surface area (Å²) in [5.74, 6) is 0.877. The number of nitrogens with zero attached hydrogens (tertiary/aromatic N) is 3. The number of guanidine groups is 1. The van der Waals surface area contributed by atoms with Crippen LogP contribution in [0, 0.1) is 6.92 Å². The Balaban J connectivity index is 1.80. The quantitative estimate of drug-likeness (QED) is 0.469. The van der Waals surface area contributed by atoms with Crippen LogP contribution in [0.4, 0.5) is 0 Å². The molecule has 2 N–H and O–H groups in total. The summed E-state index contributed by atoms with van der Waals surface area (Å²) < 4.78 is 1.84. The summed E-state index contributed by atoms with van der Waals surface area (Å²) in [7, 11) is 1.95. The highest BCUT2D eigenvalue weighted by Crippen LogP contribution is 2.07. The second-order valence-corrected chi connectivity index (χ2v) is 5.67. The highest BCUT2D eigenvalue weighted by Gasteiger charge is 2.00. The Morgan fingerprint density at radius 3 is 2.78 bits per heavy atom. The van der Waals surface area contributed by atoms with Crippen molar-refractivity contribution in [2.24, 2.45) is 12.0 Å². The van der Waals surface area contributed by atoms with Gasteiger partial charge >= 0.3 is 0 Å². The van der Waals surface area contributed by atoms with Gasteiger partial charge in [-0.3, -0.25) is 4.68 Å². The Morgan fingerprint density at radius 1 is 1.26 bits per heavy atom. The number of nitrogens with one attached hydrogen (secondary N) is 2. The molecule has 1 heterocycles. The maximum atomic E-state index is 4.67. The number of hydrogen-bond donors (Lipinski definition) is 2. The monoisotopic (exact) mass is 313 g/mol. The van der Waals surface area contributed by atoms with Crippen LogP contribution < -0.4 is 10.6 Å². The van der Waals surface area contributed by atoms with Gasteiger partial charge in [0, 0.05) is 26.3 Å². The first-order valence-corrected chi connectivity index (χ1v) is 8.23. The van der Waals surface area contributed by atoms with Crippen LogP contribution in [-0.4, -0.2) is 28.8 Å². The fraction of sp³-hybridized carbons (Fsp3) is 0.444. The lowest BCUT2D eigenvalue weighted by Gasteiger charge is -2.11. The Hall–Kier alpha value is -2.30. The number of aliphatic imine (C=N–C) groups is 1. The minimum absolute atomic E-state index is 0.699. The molecule has 2 aromatic rings. The van der Waals surface area contributed by atoms with Crippen molar-refractivity contribution in [3.05, 3.63) is 53.3 Å². The fourth-order valence-corrected chi connectivity index (χ4v) is 2.39. The second kappa shape index (κ2) is 8.98. The number of aryl methyl sites for hydroxylation is 3. The van der Waals surface area contributed by atoms with Crippen molar-refractivity contribution in [1.82, 2.24) is 20.4 Å². The van der Waals surface area contributed by atoms with Gasteiger partial charge in [-0.25, -0.2) is 4.99 Å². The Morgan fingerprint density at radius 2 is 2.09 bits per heavy atom. The van der Waals surface area contributed by atoms with Gasteiger partial charge in [0.2, 0.25) is 0 Å². The molecular weight excluding hydrogens is 286 g/mol. The van der Waals surface area contributed by atoms with E-state index in [1.54, 1.807) is 0 Å². The Bertz CT molecular complexity index is 630. The van der Waals surface area contributed by atoms with Crippen molar-refractivity contribution in [3.8, 4) is 0 Å². The van der Waals surface area contributed by atoms with Crippen LogP contribution in [0.1, 0.15) is 30.0 Å². The average molecular weight is 313 g/mol. The van der Waals surface area contributed by atoms with Gasteiger partial charge in [0.25, 0.3) is 0 Å². The molecule has 0 aliphatic rings. The summed E-state index contributed by atoms with van der Waals surface area (Å²) in [6.07, 6.45) is 6.08. The maximum Gasteiger partial charge on any atom is 0.191 e.